The Morgan fingerprint density at radius 1 is 1.43 bits per heavy atom. The van der Waals surface area contributed by atoms with Crippen LogP contribution in [0.4, 0.5) is 0 Å². The number of amides is 1. The van der Waals surface area contributed by atoms with E-state index in [1.165, 1.54) is 0 Å². The molecule has 0 N–H and O–H groups in total. The van der Waals surface area contributed by atoms with Gasteiger partial charge in [0.25, 0.3) is 5.91 Å². The van der Waals surface area contributed by atoms with Crippen molar-refractivity contribution in [3.05, 3.63) is 30.1 Å². The van der Waals surface area contributed by atoms with E-state index < -0.39 is 0 Å². The van der Waals surface area contributed by atoms with Crippen molar-refractivity contribution in [1.29, 1.82) is 0 Å². The molecule has 2 aliphatic rings. The summed E-state index contributed by atoms with van der Waals surface area (Å²) in [6.07, 6.45) is 10.5. The number of aromatic nitrogens is 2. The van der Waals surface area contributed by atoms with Crippen molar-refractivity contribution in [3.8, 4) is 0 Å². The highest BCUT2D eigenvalue weighted by atomic mass is 16.5. The fraction of sp³-hybridized carbons (Fsp3) is 0.625. The first-order valence-corrected chi connectivity index (χ1v) is 7.94. The molecule has 5 nitrogen and oxygen atoms in total. The molecule has 1 unspecified atom stereocenters. The van der Waals surface area contributed by atoms with Crippen molar-refractivity contribution in [2.24, 2.45) is 0 Å². The predicted molar refractivity (Wildman–Crippen MR) is 79.5 cm³/mol. The monoisotopic (exact) mass is 289 g/mol. The molecule has 3 rings (SSSR count). The van der Waals surface area contributed by atoms with Gasteiger partial charge in [0.15, 0.2) is 0 Å². The summed E-state index contributed by atoms with van der Waals surface area (Å²) in [4.78, 5) is 19.3. The van der Waals surface area contributed by atoms with E-state index in [9.17, 15) is 4.79 Å². The van der Waals surface area contributed by atoms with Gasteiger partial charge in [-0.15, -0.1) is 0 Å². The number of piperidine rings is 1. The number of carbonyl (C=O) groups excluding carboxylic acids is 1. The zero-order valence-corrected chi connectivity index (χ0v) is 12.6. The van der Waals surface area contributed by atoms with E-state index in [4.69, 9.17) is 4.74 Å². The molecule has 1 atom stereocenters. The minimum atomic E-state index is 0.101. The lowest BCUT2D eigenvalue weighted by molar-refractivity contribution is -0.131. The van der Waals surface area contributed by atoms with Crippen molar-refractivity contribution < 1.29 is 9.53 Å². The molecule has 1 fully saturated rings. The first-order chi connectivity index (χ1) is 10.3. The summed E-state index contributed by atoms with van der Waals surface area (Å²) in [6, 6.07) is 0.101. The Hall–Kier alpha value is -1.78. The smallest absolute Gasteiger partial charge is 0.253 e. The summed E-state index contributed by atoms with van der Waals surface area (Å²) in [5.74, 6) is 1.15. The number of imidazole rings is 1. The lowest BCUT2D eigenvalue weighted by Crippen LogP contribution is -2.40. The molecule has 0 aromatic carbocycles. The molecule has 0 saturated carbocycles. The second-order valence-electron chi connectivity index (χ2n) is 5.70. The summed E-state index contributed by atoms with van der Waals surface area (Å²) < 4.78 is 7.48. The number of ether oxygens (including phenoxy) is 1. The molecule has 1 aromatic heterocycles. The lowest BCUT2D eigenvalue weighted by Gasteiger charge is -2.36. The van der Waals surface area contributed by atoms with Crippen LogP contribution in [0.5, 0.6) is 0 Å². The molecule has 0 spiro atoms. The van der Waals surface area contributed by atoms with Gasteiger partial charge in [0, 0.05) is 25.5 Å². The van der Waals surface area contributed by atoms with Gasteiger partial charge in [-0.3, -0.25) is 4.79 Å². The highest BCUT2D eigenvalue weighted by Gasteiger charge is 2.32. The summed E-state index contributed by atoms with van der Waals surface area (Å²) in [5, 5.41) is 0. The predicted octanol–water partition coefficient (Wildman–Crippen LogP) is 2.65. The number of rotatable bonds is 3. The molecule has 114 valence electrons. The van der Waals surface area contributed by atoms with Crippen LogP contribution in [0.15, 0.2) is 24.2 Å². The van der Waals surface area contributed by atoms with Gasteiger partial charge in [-0.05, 0) is 39.0 Å². The molecular formula is C16H23N3O2. The minimum Gasteiger partial charge on any atom is -0.501 e. The van der Waals surface area contributed by atoms with E-state index in [1.54, 1.807) is 6.26 Å². The van der Waals surface area contributed by atoms with Crippen LogP contribution in [0.1, 0.15) is 50.9 Å². The standard InChI is InChI=1S/C16H23N3O2/c1-2-18-10-8-17-15(18)14-7-3-4-9-19(14)16(20)13-6-5-11-21-12-13/h8,10,12,14H,2-7,9,11H2,1H3. The van der Waals surface area contributed by atoms with E-state index in [0.717, 1.165) is 63.2 Å². The summed E-state index contributed by atoms with van der Waals surface area (Å²) in [7, 11) is 0. The molecule has 2 aliphatic heterocycles. The van der Waals surface area contributed by atoms with Crippen LogP contribution in [-0.2, 0) is 16.1 Å². The van der Waals surface area contributed by atoms with Gasteiger partial charge in [-0.1, -0.05) is 0 Å². The minimum absolute atomic E-state index is 0.101. The average Bonchev–Trinajstić information content (AvgIpc) is 3.03. The van der Waals surface area contributed by atoms with Crippen molar-refractivity contribution >= 4 is 5.91 Å². The van der Waals surface area contributed by atoms with Gasteiger partial charge in [-0.25, -0.2) is 4.98 Å². The highest BCUT2D eigenvalue weighted by Crippen LogP contribution is 2.32. The van der Waals surface area contributed by atoms with E-state index in [-0.39, 0.29) is 11.9 Å². The SMILES string of the molecule is CCn1ccnc1C1CCCCN1C(=O)C1=COCCC1. The van der Waals surface area contributed by atoms with Crippen LogP contribution in [-0.4, -0.2) is 33.5 Å². The van der Waals surface area contributed by atoms with E-state index in [0.29, 0.717) is 0 Å². The molecule has 0 radical (unpaired) electrons. The lowest BCUT2D eigenvalue weighted by atomic mass is 9.99. The Labute approximate surface area is 125 Å². The second-order valence-corrected chi connectivity index (χ2v) is 5.70. The van der Waals surface area contributed by atoms with E-state index in [2.05, 4.69) is 16.5 Å². The molecule has 1 amide bonds. The number of nitrogens with zero attached hydrogens (tertiary/aromatic N) is 3. The Balaban J connectivity index is 1.84. The Kier molecular flexibility index (Phi) is 4.27. The summed E-state index contributed by atoms with van der Waals surface area (Å²) in [5.41, 5.74) is 0.808. The van der Waals surface area contributed by atoms with Crippen LogP contribution >= 0.6 is 0 Å². The molecule has 0 bridgehead atoms. The maximum Gasteiger partial charge on any atom is 0.253 e. The fourth-order valence-electron chi connectivity index (χ4n) is 3.23. The number of hydrogen-bond acceptors (Lipinski definition) is 3. The molecule has 5 heteroatoms. The first-order valence-electron chi connectivity index (χ1n) is 7.94. The van der Waals surface area contributed by atoms with Gasteiger partial charge >= 0.3 is 0 Å². The molecule has 1 aromatic rings. The zero-order valence-electron chi connectivity index (χ0n) is 12.6. The Morgan fingerprint density at radius 3 is 3.10 bits per heavy atom. The molecular weight excluding hydrogens is 266 g/mol. The van der Waals surface area contributed by atoms with Crippen molar-refractivity contribution in [3.63, 3.8) is 0 Å². The summed E-state index contributed by atoms with van der Waals surface area (Å²) in [6.45, 7) is 4.54. The molecule has 3 heterocycles. The van der Waals surface area contributed by atoms with Crippen LogP contribution in [0, 0.1) is 0 Å². The first kappa shape index (κ1) is 14.2. The second kappa shape index (κ2) is 6.33. The van der Waals surface area contributed by atoms with Crippen LogP contribution in [0.2, 0.25) is 0 Å². The van der Waals surface area contributed by atoms with Crippen molar-refractivity contribution in [2.75, 3.05) is 13.2 Å². The number of aryl methyl sites for hydroxylation is 1. The van der Waals surface area contributed by atoms with Gasteiger partial charge in [0.1, 0.15) is 5.82 Å². The summed E-state index contributed by atoms with van der Waals surface area (Å²) >= 11 is 0. The van der Waals surface area contributed by atoms with Crippen LogP contribution in [0.25, 0.3) is 0 Å². The zero-order chi connectivity index (χ0) is 14.7. The molecule has 0 aliphatic carbocycles. The normalized spacial score (nSPS) is 22.6. The molecule has 21 heavy (non-hydrogen) atoms. The third-order valence-corrected chi connectivity index (χ3v) is 4.36. The largest absolute Gasteiger partial charge is 0.501 e. The van der Waals surface area contributed by atoms with Crippen LogP contribution < -0.4 is 0 Å². The quantitative estimate of drug-likeness (QED) is 0.859. The third-order valence-electron chi connectivity index (χ3n) is 4.36. The van der Waals surface area contributed by atoms with E-state index in [1.807, 2.05) is 17.3 Å². The van der Waals surface area contributed by atoms with Gasteiger partial charge in [-0.2, -0.15) is 0 Å². The Bertz CT molecular complexity index is 535. The average molecular weight is 289 g/mol. The highest BCUT2D eigenvalue weighted by molar-refractivity contribution is 5.93. The number of likely N-dealkylation sites (tertiary alicyclic amines) is 1. The van der Waals surface area contributed by atoms with Crippen molar-refractivity contribution in [2.45, 2.75) is 51.6 Å². The van der Waals surface area contributed by atoms with Gasteiger partial charge in [0.2, 0.25) is 0 Å². The maximum atomic E-state index is 12.8. The third kappa shape index (κ3) is 2.82. The number of carbonyl (C=O) groups is 1. The van der Waals surface area contributed by atoms with Crippen LogP contribution in [0.3, 0.4) is 0 Å². The fourth-order valence-corrected chi connectivity index (χ4v) is 3.23. The maximum absolute atomic E-state index is 12.8. The van der Waals surface area contributed by atoms with Gasteiger partial charge in [0.05, 0.1) is 24.5 Å². The Morgan fingerprint density at radius 2 is 2.33 bits per heavy atom. The number of hydrogen-bond donors (Lipinski definition) is 0. The topological polar surface area (TPSA) is 47.4 Å². The van der Waals surface area contributed by atoms with Gasteiger partial charge < -0.3 is 14.2 Å². The van der Waals surface area contributed by atoms with E-state index >= 15 is 0 Å². The van der Waals surface area contributed by atoms with Crippen molar-refractivity contribution in [1.82, 2.24) is 14.5 Å². The molecule has 1 saturated heterocycles.